The highest BCUT2D eigenvalue weighted by atomic mass is 79.9. The molecule has 112 valence electrons. The number of thiazole rings is 1. The van der Waals surface area contributed by atoms with Crippen molar-refractivity contribution in [3.05, 3.63) is 27.9 Å². The van der Waals surface area contributed by atoms with Gasteiger partial charge in [0, 0.05) is 11.6 Å². The zero-order chi connectivity index (χ0) is 15.2. The fourth-order valence-corrected chi connectivity index (χ4v) is 2.59. The number of esters is 1. The molecule has 0 saturated heterocycles. The maximum atomic E-state index is 11.8. The van der Waals surface area contributed by atoms with E-state index in [0.29, 0.717) is 17.4 Å². The molecule has 1 amide bonds. The molecular weight excluding hydrogens is 360 g/mol. The fraction of sp³-hybridized carbons (Fsp3) is 0.333. The van der Waals surface area contributed by atoms with Gasteiger partial charge in [0.1, 0.15) is 6.54 Å². The second-order valence-electron chi connectivity index (χ2n) is 4.03. The van der Waals surface area contributed by atoms with Crippen LogP contribution in [0.25, 0.3) is 0 Å². The average Bonchev–Trinajstić information content (AvgIpc) is 2.99. The van der Waals surface area contributed by atoms with Gasteiger partial charge >= 0.3 is 5.97 Å². The number of ether oxygens (including phenoxy) is 1. The molecule has 0 aliphatic rings. The number of hydrogen-bond acceptors (Lipinski definition) is 6. The second-order valence-corrected chi connectivity index (χ2v) is 5.80. The van der Waals surface area contributed by atoms with E-state index in [4.69, 9.17) is 4.74 Å². The van der Waals surface area contributed by atoms with Gasteiger partial charge in [-0.1, -0.05) is 0 Å². The molecular formula is C12H13BrN4O3S. The van der Waals surface area contributed by atoms with Gasteiger partial charge in [-0.3, -0.25) is 14.3 Å². The first kappa shape index (κ1) is 15.6. The first-order valence-corrected chi connectivity index (χ1v) is 7.82. The number of anilines is 1. The van der Waals surface area contributed by atoms with Crippen LogP contribution in [0.3, 0.4) is 0 Å². The highest BCUT2D eigenvalue weighted by molar-refractivity contribution is 9.10. The molecule has 0 bridgehead atoms. The smallest absolute Gasteiger partial charge is 0.311 e. The monoisotopic (exact) mass is 372 g/mol. The third-order valence-corrected chi connectivity index (χ3v) is 3.55. The number of nitrogens with zero attached hydrogens (tertiary/aromatic N) is 3. The van der Waals surface area contributed by atoms with Gasteiger partial charge in [-0.2, -0.15) is 5.10 Å². The van der Waals surface area contributed by atoms with E-state index in [-0.39, 0.29) is 24.8 Å². The quantitative estimate of drug-likeness (QED) is 0.781. The Balaban J connectivity index is 1.87. The normalized spacial score (nSPS) is 10.4. The third kappa shape index (κ3) is 4.94. The lowest BCUT2D eigenvalue weighted by atomic mass is 10.3. The number of halogens is 1. The molecule has 0 aliphatic carbocycles. The van der Waals surface area contributed by atoms with E-state index in [1.807, 2.05) is 0 Å². The van der Waals surface area contributed by atoms with Gasteiger partial charge in [0.25, 0.3) is 0 Å². The Morgan fingerprint density at radius 2 is 2.33 bits per heavy atom. The van der Waals surface area contributed by atoms with E-state index < -0.39 is 0 Å². The standard InChI is InChI=1S/C12H13BrN4O3S/c1-2-20-11(19)3-9-7-21-12(15-9)16-10(18)6-17-5-8(13)4-14-17/h4-5,7H,2-3,6H2,1H3,(H,15,16,18). The summed E-state index contributed by atoms with van der Waals surface area (Å²) >= 11 is 4.52. The Morgan fingerprint density at radius 1 is 1.52 bits per heavy atom. The van der Waals surface area contributed by atoms with Crippen LogP contribution in [-0.2, 0) is 27.3 Å². The molecule has 0 aromatic carbocycles. The van der Waals surface area contributed by atoms with Crippen LogP contribution in [0.5, 0.6) is 0 Å². The molecule has 0 radical (unpaired) electrons. The number of nitrogens with one attached hydrogen (secondary N) is 1. The largest absolute Gasteiger partial charge is 0.466 e. The Hall–Kier alpha value is -1.74. The van der Waals surface area contributed by atoms with Gasteiger partial charge in [0.2, 0.25) is 5.91 Å². The number of rotatable bonds is 6. The van der Waals surface area contributed by atoms with Gasteiger partial charge in [-0.05, 0) is 22.9 Å². The predicted octanol–water partition coefficient (Wildman–Crippen LogP) is 1.85. The molecule has 2 rings (SSSR count). The van der Waals surface area contributed by atoms with Crippen LogP contribution in [0.15, 0.2) is 22.2 Å². The summed E-state index contributed by atoms with van der Waals surface area (Å²) in [5, 5.41) is 8.83. The van der Waals surface area contributed by atoms with Crippen molar-refractivity contribution in [2.24, 2.45) is 0 Å². The van der Waals surface area contributed by atoms with Gasteiger partial charge in [-0.15, -0.1) is 11.3 Å². The third-order valence-electron chi connectivity index (χ3n) is 2.34. The van der Waals surface area contributed by atoms with Gasteiger partial charge < -0.3 is 10.1 Å². The minimum Gasteiger partial charge on any atom is -0.466 e. The molecule has 0 unspecified atom stereocenters. The SMILES string of the molecule is CCOC(=O)Cc1csc(NC(=O)Cn2cc(Br)cn2)n1. The van der Waals surface area contributed by atoms with E-state index in [0.717, 1.165) is 4.47 Å². The van der Waals surface area contributed by atoms with Crippen molar-refractivity contribution in [3.8, 4) is 0 Å². The molecule has 7 nitrogen and oxygen atoms in total. The summed E-state index contributed by atoms with van der Waals surface area (Å²) in [7, 11) is 0. The molecule has 2 aromatic rings. The summed E-state index contributed by atoms with van der Waals surface area (Å²) in [6.07, 6.45) is 3.41. The van der Waals surface area contributed by atoms with Crippen molar-refractivity contribution in [1.82, 2.24) is 14.8 Å². The Kier molecular flexibility index (Phi) is 5.45. The Bertz CT molecular complexity index is 640. The van der Waals surface area contributed by atoms with Crippen molar-refractivity contribution in [3.63, 3.8) is 0 Å². The van der Waals surface area contributed by atoms with Crippen LogP contribution in [0, 0.1) is 0 Å². The van der Waals surface area contributed by atoms with E-state index in [2.05, 4.69) is 31.3 Å². The average molecular weight is 373 g/mol. The molecule has 9 heteroatoms. The van der Waals surface area contributed by atoms with Crippen LogP contribution in [0.1, 0.15) is 12.6 Å². The first-order valence-electron chi connectivity index (χ1n) is 6.14. The Morgan fingerprint density at radius 3 is 3.00 bits per heavy atom. The lowest BCUT2D eigenvalue weighted by Crippen LogP contribution is -2.19. The zero-order valence-corrected chi connectivity index (χ0v) is 13.6. The first-order chi connectivity index (χ1) is 10.1. The topological polar surface area (TPSA) is 86.1 Å². The molecule has 21 heavy (non-hydrogen) atoms. The molecule has 0 saturated carbocycles. The molecule has 0 atom stereocenters. The lowest BCUT2D eigenvalue weighted by molar-refractivity contribution is -0.142. The second kappa shape index (κ2) is 7.32. The maximum Gasteiger partial charge on any atom is 0.311 e. The van der Waals surface area contributed by atoms with Crippen molar-refractivity contribution < 1.29 is 14.3 Å². The lowest BCUT2D eigenvalue weighted by Gasteiger charge is -2.01. The number of amides is 1. The van der Waals surface area contributed by atoms with Crippen molar-refractivity contribution >= 4 is 44.3 Å². The van der Waals surface area contributed by atoms with E-state index in [9.17, 15) is 9.59 Å². The molecule has 2 aromatic heterocycles. The van der Waals surface area contributed by atoms with E-state index >= 15 is 0 Å². The molecule has 0 fully saturated rings. The number of carbonyl (C=O) groups is 2. The predicted molar refractivity (Wildman–Crippen MR) is 81.0 cm³/mol. The number of hydrogen-bond donors (Lipinski definition) is 1. The van der Waals surface area contributed by atoms with Crippen molar-refractivity contribution in [2.75, 3.05) is 11.9 Å². The van der Waals surface area contributed by atoms with Gasteiger partial charge in [-0.25, -0.2) is 4.98 Å². The summed E-state index contributed by atoms with van der Waals surface area (Å²) in [5.74, 6) is -0.565. The minimum absolute atomic E-state index is 0.0956. The van der Waals surface area contributed by atoms with Crippen molar-refractivity contribution in [1.29, 1.82) is 0 Å². The maximum absolute atomic E-state index is 11.8. The van der Waals surface area contributed by atoms with Crippen molar-refractivity contribution in [2.45, 2.75) is 19.9 Å². The van der Waals surface area contributed by atoms with Crippen LogP contribution < -0.4 is 5.32 Å². The van der Waals surface area contributed by atoms with Crippen LogP contribution in [-0.4, -0.2) is 33.2 Å². The summed E-state index contributed by atoms with van der Waals surface area (Å²) in [6, 6.07) is 0. The summed E-state index contributed by atoms with van der Waals surface area (Å²) in [5.41, 5.74) is 0.579. The molecule has 0 spiro atoms. The fourth-order valence-electron chi connectivity index (χ4n) is 1.54. The molecule has 0 aliphatic heterocycles. The van der Waals surface area contributed by atoms with E-state index in [1.165, 1.54) is 16.0 Å². The highest BCUT2D eigenvalue weighted by Crippen LogP contribution is 2.16. The number of carbonyl (C=O) groups excluding carboxylic acids is 2. The van der Waals surface area contributed by atoms with Crippen LogP contribution in [0.4, 0.5) is 5.13 Å². The summed E-state index contributed by atoms with van der Waals surface area (Å²) < 4.78 is 7.15. The Labute approximate surface area is 133 Å². The highest BCUT2D eigenvalue weighted by Gasteiger charge is 2.11. The summed E-state index contributed by atoms with van der Waals surface area (Å²) in [4.78, 5) is 27.3. The summed E-state index contributed by atoms with van der Waals surface area (Å²) in [6.45, 7) is 2.18. The minimum atomic E-state index is -0.331. The molecule has 1 N–H and O–H groups in total. The van der Waals surface area contributed by atoms with E-state index in [1.54, 1.807) is 24.7 Å². The zero-order valence-electron chi connectivity index (χ0n) is 11.2. The van der Waals surface area contributed by atoms with Crippen LogP contribution >= 0.6 is 27.3 Å². The number of aromatic nitrogens is 3. The van der Waals surface area contributed by atoms with Gasteiger partial charge in [0.05, 0.1) is 29.4 Å². The van der Waals surface area contributed by atoms with Gasteiger partial charge in [0.15, 0.2) is 5.13 Å². The molecule has 2 heterocycles. The van der Waals surface area contributed by atoms with Crippen LogP contribution in [0.2, 0.25) is 0 Å².